The molecule has 1 aliphatic heterocycles. The maximum atomic E-state index is 13.1. The van der Waals surface area contributed by atoms with Gasteiger partial charge in [0, 0.05) is 5.02 Å². The Labute approximate surface area is 194 Å². The largest absolute Gasteiger partial charge is 0.479 e. The first-order valence-electron chi connectivity index (χ1n) is 8.46. The first-order chi connectivity index (χ1) is 14.2. The van der Waals surface area contributed by atoms with E-state index < -0.39 is 17.8 Å². The molecule has 0 aromatic heterocycles. The highest BCUT2D eigenvalue weighted by Gasteiger charge is 2.37. The van der Waals surface area contributed by atoms with E-state index in [4.69, 9.17) is 22.8 Å². The van der Waals surface area contributed by atoms with Crippen molar-refractivity contribution in [3.63, 3.8) is 0 Å². The Morgan fingerprint density at radius 3 is 2.53 bits per heavy atom. The molecule has 1 heterocycles. The summed E-state index contributed by atoms with van der Waals surface area (Å²) in [7, 11) is 0. The molecular weight excluding hydrogens is 540 g/mol. The standard InChI is InChI=1S/C21H13Br2ClN2O4/c1-3-7-30-18-14(22)9-12(10-15(18)23)8-13-19(27)25-21(29)26(20(13)28)17-6-4-5-16(24)11(17)2/h1,4-6,8-10H,7H2,2H3,(H,25,27,29)/b13-8+. The van der Waals surface area contributed by atoms with Crippen molar-refractivity contribution >= 4 is 73.1 Å². The normalized spacial score (nSPS) is 15.2. The molecule has 3 rings (SSSR count). The predicted molar refractivity (Wildman–Crippen MR) is 121 cm³/mol. The molecule has 4 amide bonds. The average Bonchev–Trinajstić information content (AvgIpc) is 2.67. The zero-order valence-electron chi connectivity index (χ0n) is 15.5. The fourth-order valence-corrected chi connectivity index (χ4v) is 4.42. The molecular formula is C21H13Br2ClN2O4. The molecule has 30 heavy (non-hydrogen) atoms. The second kappa shape index (κ2) is 9.04. The number of imide groups is 2. The number of halogens is 3. The lowest BCUT2D eigenvalue weighted by Gasteiger charge is -2.27. The Morgan fingerprint density at radius 1 is 1.23 bits per heavy atom. The van der Waals surface area contributed by atoms with E-state index in [9.17, 15) is 14.4 Å². The second-order valence-corrected chi connectivity index (χ2v) is 8.26. The van der Waals surface area contributed by atoms with Crippen molar-refractivity contribution in [3.8, 4) is 18.1 Å². The van der Waals surface area contributed by atoms with Crippen LogP contribution >= 0.6 is 43.5 Å². The van der Waals surface area contributed by atoms with Crippen LogP contribution < -0.4 is 15.0 Å². The maximum absolute atomic E-state index is 13.1. The van der Waals surface area contributed by atoms with Crippen molar-refractivity contribution in [3.05, 3.63) is 61.0 Å². The number of terminal acetylenes is 1. The molecule has 0 spiro atoms. The second-order valence-electron chi connectivity index (χ2n) is 6.15. The molecule has 0 atom stereocenters. The highest BCUT2D eigenvalue weighted by atomic mass is 79.9. The molecule has 0 aliphatic carbocycles. The molecule has 1 fully saturated rings. The van der Waals surface area contributed by atoms with Crippen molar-refractivity contribution in [2.75, 3.05) is 11.5 Å². The fourth-order valence-electron chi connectivity index (χ4n) is 2.80. The van der Waals surface area contributed by atoms with Gasteiger partial charge in [-0.15, -0.1) is 6.42 Å². The minimum absolute atomic E-state index is 0.0780. The fraction of sp³-hybridized carbons (Fsp3) is 0.0952. The highest BCUT2D eigenvalue weighted by Crippen LogP contribution is 2.36. The van der Waals surface area contributed by atoms with Gasteiger partial charge in [-0.1, -0.05) is 23.6 Å². The van der Waals surface area contributed by atoms with Crippen LogP contribution in [0.15, 0.2) is 44.9 Å². The molecule has 2 aromatic carbocycles. The number of urea groups is 1. The van der Waals surface area contributed by atoms with Gasteiger partial charge in [-0.25, -0.2) is 9.69 Å². The third-order valence-electron chi connectivity index (χ3n) is 4.21. The summed E-state index contributed by atoms with van der Waals surface area (Å²) in [6.45, 7) is 1.76. The van der Waals surface area contributed by atoms with Crippen LogP contribution in [0.3, 0.4) is 0 Å². The lowest BCUT2D eigenvalue weighted by Crippen LogP contribution is -2.54. The summed E-state index contributed by atoms with van der Waals surface area (Å²) in [5.74, 6) is 1.32. The Hall–Kier alpha value is -2.60. The third kappa shape index (κ3) is 4.29. The van der Waals surface area contributed by atoms with Gasteiger partial charge in [0.1, 0.15) is 17.9 Å². The number of anilines is 1. The van der Waals surface area contributed by atoms with Crippen molar-refractivity contribution in [1.29, 1.82) is 0 Å². The number of barbiturate groups is 1. The number of nitrogens with zero attached hydrogens (tertiary/aromatic N) is 1. The van der Waals surface area contributed by atoms with Gasteiger partial charge >= 0.3 is 6.03 Å². The van der Waals surface area contributed by atoms with Crippen LogP contribution in [0.25, 0.3) is 6.08 Å². The summed E-state index contributed by atoms with van der Waals surface area (Å²) in [4.78, 5) is 38.7. The smallest absolute Gasteiger partial charge is 0.335 e. The number of carbonyl (C=O) groups is 3. The number of hydrogen-bond donors (Lipinski definition) is 1. The minimum atomic E-state index is -0.840. The molecule has 0 unspecified atom stereocenters. The summed E-state index contributed by atoms with van der Waals surface area (Å²) in [6.07, 6.45) is 6.60. The summed E-state index contributed by atoms with van der Waals surface area (Å²) >= 11 is 12.9. The maximum Gasteiger partial charge on any atom is 0.335 e. The van der Waals surface area contributed by atoms with E-state index in [1.807, 2.05) is 0 Å². The van der Waals surface area contributed by atoms with Crippen LogP contribution in [0.4, 0.5) is 10.5 Å². The van der Waals surface area contributed by atoms with Crippen LogP contribution in [0.1, 0.15) is 11.1 Å². The topological polar surface area (TPSA) is 75.7 Å². The zero-order valence-corrected chi connectivity index (χ0v) is 19.4. The van der Waals surface area contributed by atoms with E-state index >= 15 is 0 Å². The molecule has 1 N–H and O–H groups in total. The molecule has 152 valence electrons. The van der Waals surface area contributed by atoms with Gasteiger partial charge in [0.2, 0.25) is 0 Å². The third-order valence-corrected chi connectivity index (χ3v) is 5.80. The van der Waals surface area contributed by atoms with E-state index in [1.54, 1.807) is 37.3 Å². The van der Waals surface area contributed by atoms with Gasteiger partial charge in [-0.2, -0.15) is 0 Å². The number of benzene rings is 2. The van der Waals surface area contributed by atoms with Crippen molar-refractivity contribution < 1.29 is 19.1 Å². The summed E-state index contributed by atoms with van der Waals surface area (Å²) in [5.41, 5.74) is 1.16. The lowest BCUT2D eigenvalue weighted by molar-refractivity contribution is -0.122. The van der Waals surface area contributed by atoms with Gasteiger partial charge in [0.15, 0.2) is 0 Å². The molecule has 0 bridgehead atoms. The molecule has 0 radical (unpaired) electrons. The van der Waals surface area contributed by atoms with Crippen LogP contribution in [0, 0.1) is 19.3 Å². The molecule has 1 aliphatic rings. The van der Waals surface area contributed by atoms with E-state index in [1.165, 1.54) is 6.08 Å². The molecule has 1 saturated heterocycles. The van der Waals surface area contributed by atoms with E-state index in [2.05, 4.69) is 43.1 Å². The SMILES string of the molecule is C#CCOc1c(Br)cc(/C=C2\C(=O)NC(=O)N(c3cccc(Cl)c3C)C2=O)cc1Br. The molecule has 6 nitrogen and oxygen atoms in total. The van der Waals surface area contributed by atoms with E-state index in [0.29, 0.717) is 36.5 Å². The number of carbonyl (C=O) groups excluding carboxylic acids is 3. The number of rotatable bonds is 4. The van der Waals surface area contributed by atoms with Gasteiger partial charge in [0.25, 0.3) is 11.8 Å². The molecule has 2 aromatic rings. The Kier molecular flexibility index (Phi) is 6.66. The summed E-state index contributed by atoms with van der Waals surface area (Å²) in [6, 6.07) is 7.33. The monoisotopic (exact) mass is 550 g/mol. The van der Waals surface area contributed by atoms with Crippen molar-refractivity contribution in [1.82, 2.24) is 5.32 Å². The quantitative estimate of drug-likeness (QED) is 0.334. The number of nitrogens with one attached hydrogen (secondary N) is 1. The van der Waals surface area contributed by atoms with Gasteiger partial charge < -0.3 is 4.74 Å². The first-order valence-corrected chi connectivity index (χ1v) is 10.4. The van der Waals surface area contributed by atoms with E-state index in [0.717, 1.165) is 4.90 Å². The Bertz CT molecular complexity index is 1130. The first kappa shape index (κ1) is 22.1. The highest BCUT2D eigenvalue weighted by molar-refractivity contribution is 9.11. The van der Waals surface area contributed by atoms with Crippen LogP contribution in [0.2, 0.25) is 5.02 Å². The predicted octanol–water partition coefficient (Wildman–Crippen LogP) is 4.85. The van der Waals surface area contributed by atoms with Crippen molar-refractivity contribution in [2.24, 2.45) is 0 Å². The summed E-state index contributed by atoms with van der Waals surface area (Å²) < 4.78 is 6.60. The van der Waals surface area contributed by atoms with Gasteiger partial charge in [0.05, 0.1) is 14.6 Å². The van der Waals surface area contributed by atoms with E-state index in [-0.39, 0.29) is 12.2 Å². The number of ether oxygens (including phenoxy) is 1. The van der Waals surface area contributed by atoms with Gasteiger partial charge in [-0.05, 0) is 80.3 Å². The van der Waals surface area contributed by atoms with Crippen LogP contribution in [-0.4, -0.2) is 24.5 Å². The molecule has 9 heteroatoms. The minimum Gasteiger partial charge on any atom is -0.479 e. The van der Waals surface area contributed by atoms with Crippen LogP contribution in [0.5, 0.6) is 5.75 Å². The Balaban J connectivity index is 2.03. The van der Waals surface area contributed by atoms with Crippen LogP contribution in [-0.2, 0) is 9.59 Å². The van der Waals surface area contributed by atoms with Crippen molar-refractivity contribution in [2.45, 2.75) is 6.92 Å². The molecule has 0 saturated carbocycles. The van der Waals surface area contributed by atoms with Gasteiger partial charge in [-0.3, -0.25) is 14.9 Å². The summed E-state index contributed by atoms with van der Waals surface area (Å²) in [5, 5.41) is 2.58. The number of hydrogen-bond acceptors (Lipinski definition) is 4. The Morgan fingerprint density at radius 2 is 1.90 bits per heavy atom. The lowest BCUT2D eigenvalue weighted by atomic mass is 10.1. The zero-order chi connectivity index (χ0) is 22.0. The average molecular weight is 553 g/mol. The number of amides is 4.